The van der Waals surface area contributed by atoms with Gasteiger partial charge in [-0.3, -0.25) is 9.52 Å². The van der Waals surface area contributed by atoms with Gasteiger partial charge in [0.05, 0.1) is 6.26 Å². The van der Waals surface area contributed by atoms with Crippen molar-refractivity contribution in [2.75, 3.05) is 11.0 Å². The summed E-state index contributed by atoms with van der Waals surface area (Å²) < 4.78 is 25.6. The largest absolute Gasteiger partial charge is 0.289 e. The van der Waals surface area contributed by atoms with E-state index in [1.54, 1.807) is 30.3 Å². The van der Waals surface area contributed by atoms with Gasteiger partial charge in [-0.25, -0.2) is 8.42 Å². The molecule has 0 unspecified atom stereocenters. The van der Waals surface area contributed by atoms with Gasteiger partial charge in [0.25, 0.3) is 0 Å². The average Bonchev–Trinajstić information content (AvgIpc) is 2.37. The lowest BCUT2D eigenvalue weighted by Gasteiger charge is -2.07. The molecule has 21 heavy (non-hydrogen) atoms. The molecule has 110 valence electrons. The van der Waals surface area contributed by atoms with Crippen LogP contribution in [-0.4, -0.2) is 20.5 Å². The lowest BCUT2D eigenvalue weighted by Crippen LogP contribution is -2.10. The topological polar surface area (TPSA) is 63.2 Å². The lowest BCUT2D eigenvalue weighted by atomic mass is 9.99. The van der Waals surface area contributed by atoms with Gasteiger partial charge >= 0.3 is 0 Å². The number of aryl methyl sites for hydroxylation is 1. The minimum atomic E-state index is -3.31. The number of carbonyl (C=O) groups is 1. The van der Waals surface area contributed by atoms with Crippen molar-refractivity contribution in [3.63, 3.8) is 0 Å². The van der Waals surface area contributed by atoms with Crippen LogP contribution in [0, 0.1) is 6.92 Å². The summed E-state index contributed by atoms with van der Waals surface area (Å²) in [6.45, 7) is 1.87. The molecule has 0 saturated heterocycles. The minimum Gasteiger partial charge on any atom is -0.289 e. The monoisotopic (exact) mass is 367 g/mol. The van der Waals surface area contributed by atoms with E-state index in [2.05, 4.69) is 20.7 Å². The fourth-order valence-corrected chi connectivity index (χ4v) is 2.98. The van der Waals surface area contributed by atoms with Gasteiger partial charge in [0.2, 0.25) is 10.0 Å². The molecule has 6 heteroatoms. The van der Waals surface area contributed by atoms with Crippen molar-refractivity contribution in [3.8, 4) is 0 Å². The number of halogens is 1. The van der Waals surface area contributed by atoms with Crippen molar-refractivity contribution < 1.29 is 13.2 Å². The Hall–Kier alpha value is -1.66. The Morgan fingerprint density at radius 2 is 1.71 bits per heavy atom. The number of nitrogens with one attached hydrogen (secondary N) is 1. The zero-order valence-electron chi connectivity index (χ0n) is 11.6. The van der Waals surface area contributed by atoms with Gasteiger partial charge in [-0.05, 0) is 55.0 Å². The van der Waals surface area contributed by atoms with Crippen molar-refractivity contribution in [2.24, 2.45) is 0 Å². The Morgan fingerprint density at radius 1 is 1.10 bits per heavy atom. The third-order valence-corrected chi connectivity index (χ3v) is 3.98. The summed E-state index contributed by atoms with van der Waals surface area (Å²) >= 11 is 3.36. The van der Waals surface area contributed by atoms with E-state index in [1.165, 1.54) is 0 Å². The standard InChI is InChI=1S/C15H14BrNO3S/c1-10-9-12(16)5-8-14(10)15(18)11-3-6-13(7-4-11)17-21(2,19)20/h3-9,17H,1-2H3. The molecule has 2 aromatic rings. The number of benzene rings is 2. The van der Waals surface area contributed by atoms with E-state index in [1.807, 2.05) is 19.1 Å². The maximum absolute atomic E-state index is 12.4. The fourth-order valence-electron chi connectivity index (χ4n) is 1.94. The fraction of sp³-hybridized carbons (Fsp3) is 0.133. The first kappa shape index (κ1) is 15.7. The summed E-state index contributed by atoms with van der Waals surface area (Å²) in [5.74, 6) is -0.0918. The molecule has 0 aliphatic rings. The normalized spacial score (nSPS) is 11.2. The molecule has 0 amide bonds. The molecule has 0 spiro atoms. The molecule has 2 aromatic carbocycles. The van der Waals surface area contributed by atoms with Gasteiger partial charge in [-0.1, -0.05) is 15.9 Å². The van der Waals surface area contributed by atoms with Crippen molar-refractivity contribution in [1.29, 1.82) is 0 Å². The number of rotatable bonds is 4. The van der Waals surface area contributed by atoms with Crippen molar-refractivity contribution in [3.05, 3.63) is 63.6 Å². The van der Waals surface area contributed by atoms with Crippen LogP contribution in [0.3, 0.4) is 0 Å². The summed E-state index contributed by atoms with van der Waals surface area (Å²) in [5, 5.41) is 0. The molecule has 0 atom stereocenters. The highest BCUT2D eigenvalue weighted by Gasteiger charge is 2.12. The second-order valence-corrected chi connectivity index (χ2v) is 7.40. The van der Waals surface area contributed by atoms with Crippen LogP contribution in [0.2, 0.25) is 0 Å². The molecular formula is C15H14BrNO3S. The van der Waals surface area contributed by atoms with E-state index < -0.39 is 10.0 Å². The molecule has 0 aromatic heterocycles. The third kappa shape index (κ3) is 4.15. The molecule has 0 saturated carbocycles. The van der Waals surface area contributed by atoms with Gasteiger partial charge in [0.15, 0.2) is 5.78 Å². The number of hydrogen-bond donors (Lipinski definition) is 1. The highest BCUT2D eigenvalue weighted by atomic mass is 79.9. The van der Waals surface area contributed by atoms with Crippen LogP contribution >= 0.6 is 15.9 Å². The zero-order valence-corrected chi connectivity index (χ0v) is 14.0. The molecule has 1 N–H and O–H groups in total. The zero-order chi connectivity index (χ0) is 15.6. The van der Waals surface area contributed by atoms with Crippen molar-refractivity contribution >= 4 is 37.4 Å². The Bertz CT molecular complexity index is 783. The summed E-state index contributed by atoms with van der Waals surface area (Å²) in [4.78, 5) is 12.4. The smallest absolute Gasteiger partial charge is 0.229 e. The van der Waals surface area contributed by atoms with E-state index in [-0.39, 0.29) is 5.78 Å². The van der Waals surface area contributed by atoms with E-state index in [0.717, 1.165) is 16.3 Å². The van der Waals surface area contributed by atoms with E-state index >= 15 is 0 Å². The maximum atomic E-state index is 12.4. The van der Waals surface area contributed by atoms with Crippen LogP contribution < -0.4 is 4.72 Å². The van der Waals surface area contributed by atoms with Gasteiger partial charge in [0, 0.05) is 21.3 Å². The van der Waals surface area contributed by atoms with Gasteiger partial charge in [0.1, 0.15) is 0 Å². The third-order valence-electron chi connectivity index (χ3n) is 2.88. The first-order valence-electron chi connectivity index (χ1n) is 6.15. The van der Waals surface area contributed by atoms with Crippen LogP contribution in [0.25, 0.3) is 0 Å². The maximum Gasteiger partial charge on any atom is 0.229 e. The molecule has 4 nitrogen and oxygen atoms in total. The van der Waals surface area contributed by atoms with Crippen LogP contribution in [-0.2, 0) is 10.0 Å². The summed E-state index contributed by atoms with van der Waals surface area (Å²) in [6, 6.07) is 11.8. The highest BCUT2D eigenvalue weighted by molar-refractivity contribution is 9.10. The number of hydrogen-bond acceptors (Lipinski definition) is 3. The number of sulfonamides is 1. The average molecular weight is 368 g/mol. The number of ketones is 1. The van der Waals surface area contributed by atoms with Crippen LogP contribution in [0.5, 0.6) is 0 Å². The van der Waals surface area contributed by atoms with E-state index in [9.17, 15) is 13.2 Å². The summed E-state index contributed by atoms with van der Waals surface area (Å²) in [6.07, 6.45) is 1.08. The Morgan fingerprint density at radius 3 is 2.24 bits per heavy atom. The molecule has 0 bridgehead atoms. The van der Waals surface area contributed by atoms with Gasteiger partial charge in [-0.2, -0.15) is 0 Å². The van der Waals surface area contributed by atoms with Gasteiger partial charge in [-0.15, -0.1) is 0 Å². The van der Waals surface area contributed by atoms with Crippen LogP contribution in [0.1, 0.15) is 21.5 Å². The van der Waals surface area contributed by atoms with E-state index in [4.69, 9.17) is 0 Å². The van der Waals surface area contributed by atoms with E-state index in [0.29, 0.717) is 16.8 Å². The van der Waals surface area contributed by atoms with Crippen LogP contribution in [0.4, 0.5) is 5.69 Å². The molecule has 2 rings (SSSR count). The lowest BCUT2D eigenvalue weighted by molar-refractivity contribution is 0.103. The van der Waals surface area contributed by atoms with Crippen molar-refractivity contribution in [2.45, 2.75) is 6.92 Å². The Balaban J connectivity index is 2.28. The van der Waals surface area contributed by atoms with Crippen LogP contribution in [0.15, 0.2) is 46.9 Å². The molecular weight excluding hydrogens is 354 g/mol. The molecule has 0 aliphatic heterocycles. The first-order valence-corrected chi connectivity index (χ1v) is 8.83. The molecule has 0 aliphatic carbocycles. The predicted molar refractivity (Wildman–Crippen MR) is 87.2 cm³/mol. The van der Waals surface area contributed by atoms with Gasteiger partial charge < -0.3 is 0 Å². The minimum absolute atomic E-state index is 0.0918. The second-order valence-electron chi connectivity index (χ2n) is 4.74. The molecule has 0 fully saturated rings. The Labute approximate surface area is 132 Å². The number of anilines is 1. The quantitative estimate of drug-likeness (QED) is 0.842. The predicted octanol–water partition coefficient (Wildman–Crippen LogP) is 3.36. The summed E-state index contributed by atoms with van der Waals surface area (Å²) in [7, 11) is -3.31. The second kappa shape index (κ2) is 5.99. The summed E-state index contributed by atoms with van der Waals surface area (Å²) in [5.41, 5.74) is 2.45. The molecule has 0 radical (unpaired) electrons. The SMILES string of the molecule is Cc1cc(Br)ccc1C(=O)c1ccc(NS(C)(=O)=O)cc1. The Kier molecular flexibility index (Phi) is 4.49. The van der Waals surface area contributed by atoms with Crippen molar-refractivity contribution in [1.82, 2.24) is 0 Å². The number of carbonyl (C=O) groups excluding carboxylic acids is 1. The first-order chi connectivity index (χ1) is 9.76. The highest BCUT2D eigenvalue weighted by Crippen LogP contribution is 2.20. The molecule has 0 heterocycles.